The number of rotatable bonds is 10. The lowest BCUT2D eigenvalue weighted by Crippen LogP contribution is -2.40. The van der Waals surface area contributed by atoms with Gasteiger partial charge in [0.1, 0.15) is 5.75 Å². The Hall–Kier alpha value is -0.373. The first-order valence-electron chi connectivity index (χ1n) is 8.79. The molecule has 0 radical (unpaired) electrons. The summed E-state index contributed by atoms with van der Waals surface area (Å²) < 4.78 is 18.3. The highest BCUT2D eigenvalue weighted by molar-refractivity contribution is 14.1. The summed E-state index contributed by atoms with van der Waals surface area (Å²) in [5.41, 5.74) is 1.17. The van der Waals surface area contributed by atoms with Gasteiger partial charge in [0.15, 0.2) is 8.32 Å². The third kappa shape index (κ3) is 8.24. The molecule has 1 aromatic rings. The van der Waals surface area contributed by atoms with E-state index >= 15 is 0 Å². The molecule has 0 aromatic heterocycles. The Morgan fingerprint density at radius 1 is 1.12 bits per heavy atom. The molecule has 0 aliphatic rings. The predicted molar refractivity (Wildman–Crippen MR) is 117 cm³/mol. The fraction of sp³-hybridized carbons (Fsp3) is 0.600. The summed E-state index contributed by atoms with van der Waals surface area (Å²) in [6, 6.07) is 8.03. The van der Waals surface area contributed by atoms with Crippen molar-refractivity contribution < 1.29 is 13.9 Å². The number of hydrogen-bond acceptors (Lipinski definition) is 3. The molecule has 0 heterocycles. The van der Waals surface area contributed by atoms with Crippen LogP contribution in [0.3, 0.4) is 0 Å². The minimum Gasteiger partial charge on any atom is -0.497 e. The second-order valence-corrected chi connectivity index (χ2v) is 13.4. The number of methoxy groups -OCH3 is 1. The largest absolute Gasteiger partial charge is 0.497 e. The molecule has 0 fully saturated rings. The van der Waals surface area contributed by atoms with Crippen molar-refractivity contribution in [3.05, 3.63) is 42.0 Å². The Labute approximate surface area is 168 Å². The zero-order valence-corrected chi connectivity index (χ0v) is 19.6. The number of hydrogen-bond donors (Lipinski definition) is 0. The van der Waals surface area contributed by atoms with Crippen LogP contribution in [0.5, 0.6) is 5.75 Å². The van der Waals surface area contributed by atoms with Crippen LogP contribution >= 0.6 is 22.6 Å². The van der Waals surface area contributed by atoms with E-state index < -0.39 is 8.32 Å². The van der Waals surface area contributed by atoms with Crippen LogP contribution < -0.4 is 4.74 Å². The lowest BCUT2D eigenvalue weighted by molar-refractivity contribution is 0.0602. The van der Waals surface area contributed by atoms with Crippen LogP contribution in [-0.4, -0.2) is 32.6 Å². The Bertz CT molecular complexity index is 521. The van der Waals surface area contributed by atoms with Crippen molar-refractivity contribution >= 4 is 30.9 Å². The molecule has 0 aliphatic carbocycles. The van der Waals surface area contributed by atoms with Gasteiger partial charge in [-0.25, -0.2) is 0 Å². The fourth-order valence-electron chi connectivity index (χ4n) is 1.90. The smallest absolute Gasteiger partial charge is 0.192 e. The van der Waals surface area contributed by atoms with Crippen molar-refractivity contribution in [1.29, 1.82) is 0 Å². The van der Waals surface area contributed by atoms with Crippen molar-refractivity contribution in [3.8, 4) is 5.75 Å². The standard InChI is InChI=1S/C20H33IO3Si/c1-20(2,3)25(5,6)24-14-8-7-9-19(15-21)23-16-17-10-12-18(22-4)13-11-17/h7-8,10-13,19H,9,14-16H2,1-6H3/b8-7+/t19-/m0/s1. The molecule has 0 aliphatic heterocycles. The summed E-state index contributed by atoms with van der Waals surface area (Å²) in [6.07, 6.45) is 5.47. The van der Waals surface area contributed by atoms with Crippen molar-refractivity contribution in [2.75, 3.05) is 18.1 Å². The molecular weight excluding hydrogens is 443 g/mol. The molecule has 0 saturated carbocycles. The quantitative estimate of drug-likeness (QED) is 0.180. The molecule has 1 atom stereocenters. The number of alkyl halides is 1. The number of halogens is 1. The molecule has 3 nitrogen and oxygen atoms in total. The van der Waals surface area contributed by atoms with Crippen molar-refractivity contribution in [2.45, 2.75) is 58.0 Å². The van der Waals surface area contributed by atoms with E-state index in [0.29, 0.717) is 13.2 Å². The fourth-order valence-corrected chi connectivity index (χ4v) is 3.46. The highest BCUT2D eigenvalue weighted by atomic mass is 127. The van der Waals surface area contributed by atoms with Crippen molar-refractivity contribution in [1.82, 2.24) is 0 Å². The summed E-state index contributed by atoms with van der Waals surface area (Å²) >= 11 is 2.38. The predicted octanol–water partition coefficient (Wildman–Crippen LogP) is 5.98. The lowest BCUT2D eigenvalue weighted by Gasteiger charge is -2.35. The zero-order valence-electron chi connectivity index (χ0n) is 16.5. The molecule has 25 heavy (non-hydrogen) atoms. The van der Waals surface area contributed by atoms with Crippen LogP contribution in [0.1, 0.15) is 32.8 Å². The zero-order chi connectivity index (χ0) is 18.9. The van der Waals surface area contributed by atoms with Gasteiger partial charge in [-0.05, 0) is 42.2 Å². The van der Waals surface area contributed by atoms with E-state index in [9.17, 15) is 0 Å². The SMILES string of the molecule is COc1ccc(CO[C@H](CI)C/C=C/CO[Si](C)(C)C(C)(C)C)cc1. The van der Waals surface area contributed by atoms with Crippen LogP contribution in [0.15, 0.2) is 36.4 Å². The molecule has 5 heteroatoms. The summed E-state index contributed by atoms with van der Waals surface area (Å²) in [5, 5.41) is 0.257. The van der Waals surface area contributed by atoms with Gasteiger partial charge < -0.3 is 13.9 Å². The first kappa shape index (κ1) is 22.7. The van der Waals surface area contributed by atoms with Gasteiger partial charge >= 0.3 is 0 Å². The van der Waals surface area contributed by atoms with Gasteiger partial charge in [-0.1, -0.05) is 67.6 Å². The van der Waals surface area contributed by atoms with E-state index in [1.54, 1.807) is 7.11 Å². The maximum atomic E-state index is 6.16. The Balaban J connectivity index is 2.35. The van der Waals surface area contributed by atoms with E-state index in [4.69, 9.17) is 13.9 Å². The van der Waals surface area contributed by atoms with E-state index in [1.807, 2.05) is 24.3 Å². The van der Waals surface area contributed by atoms with Crippen molar-refractivity contribution in [2.24, 2.45) is 0 Å². The highest BCUT2D eigenvalue weighted by Gasteiger charge is 2.36. The molecule has 0 spiro atoms. The molecule has 1 aromatic carbocycles. The van der Waals surface area contributed by atoms with Gasteiger partial charge in [-0.2, -0.15) is 0 Å². The number of ether oxygens (including phenoxy) is 2. The van der Waals surface area contributed by atoms with Crippen LogP contribution in [0.2, 0.25) is 18.1 Å². The average Bonchev–Trinajstić information content (AvgIpc) is 2.56. The molecule has 0 saturated heterocycles. The molecule has 0 amide bonds. The topological polar surface area (TPSA) is 27.7 Å². The average molecular weight is 476 g/mol. The maximum Gasteiger partial charge on any atom is 0.192 e. The maximum absolute atomic E-state index is 6.16. The van der Waals surface area contributed by atoms with Gasteiger partial charge in [0.25, 0.3) is 0 Å². The van der Waals surface area contributed by atoms with Gasteiger partial charge in [-0.3, -0.25) is 0 Å². The summed E-state index contributed by atoms with van der Waals surface area (Å²) in [5.74, 6) is 0.874. The van der Waals surface area contributed by atoms with Gasteiger partial charge in [0, 0.05) is 4.43 Å². The summed E-state index contributed by atoms with van der Waals surface area (Å²) in [4.78, 5) is 0. The molecule has 0 unspecified atom stereocenters. The third-order valence-electron chi connectivity index (χ3n) is 4.73. The second kappa shape index (κ2) is 10.7. The Morgan fingerprint density at radius 3 is 2.28 bits per heavy atom. The first-order chi connectivity index (χ1) is 11.7. The highest BCUT2D eigenvalue weighted by Crippen LogP contribution is 2.36. The first-order valence-corrected chi connectivity index (χ1v) is 13.2. The summed E-state index contributed by atoms with van der Waals surface area (Å²) in [6.45, 7) is 12.7. The Kier molecular flexibility index (Phi) is 9.70. The molecule has 142 valence electrons. The monoisotopic (exact) mass is 476 g/mol. The van der Waals surface area contributed by atoms with Crippen molar-refractivity contribution in [3.63, 3.8) is 0 Å². The second-order valence-electron chi connectivity index (χ2n) is 7.71. The molecule has 1 rings (SSSR count). The third-order valence-corrected chi connectivity index (χ3v) is 10.2. The van der Waals surface area contributed by atoms with Crippen LogP contribution in [0.25, 0.3) is 0 Å². The number of benzene rings is 1. The molecular formula is C20H33IO3Si. The van der Waals surface area contributed by atoms with Crippen LogP contribution in [0, 0.1) is 0 Å². The minimum absolute atomic E-state index is 0.229. The van der Waals surface area contributed by atoms with Gasteiger partial charge in [0.05, 0.1) is 26.4 Å². The minimum atomic E-state index is -1.65. The molecule has 0 bridgehead atoms. The van der Waals surface area contributed by atoms with Gasteiger partial charge in [-0.15, -0.1) is 0 Å². The molecule has 0 N–H and O–H groups in total. The van der Waals surface area contributed by atoms with Crippen LogP contribution in [-0.2, 0) is 15.8 Å². The normalized spacial score (nSPS) is 14.0. The van der Waals surface area contributed by atoms with E-state index in [1.165, 1.54) is 5.56 Å². The van der Waals surface area contributed by atoms with E-state index in [-0.39, 0.29) is 11.1 Å². The lowest BCUT2D eigenvalue weighted by atomic mass is 10.2. The van der Waals surface area contributed by atoms with E-state index in [0.717, 1.165) is 16.6 Å². The van der Waals surface area contributed by atoms with Gasteiger partial charge in [0.2, 0.25) is 0 Å². The van der Waals surface area contributed by atoms with Crippen LogP contribution in [0.4, 0.5) is 0 Å². The Morgan fingerprint density at radius 2 is 1.76 bits per heavy atom. The summed E-state index contributed by atoms with van der Waals surface area (Å²) in [7, 11) is 0.0275. The van der Waals surface area contributed by atoms with E-state index in [2.05, 4.69) is 68.6 Å².